The summed E-state index contributed by atoms with van der Waals surface area (Å²) < 4.78 is 99.1. The third kappa shape index (κ3) is 5.74. The molecule has 0 N–H and O–H groups in total. The summed E-state index contributed by atoms with van der Waals surface area (Å²) in [5.74, 6) is -0.451. The molecule has 0 amide bonds. The van der Waals surface area contributed by atoms with Crippen molar-refractivity contribution in [2.24, 2.45) is 7.05 Å². The first-order chi connectivity index (χ1) is 19.4. The second kappa shape index (κ2) is 10.5. The van der Waals surface area contributed by atoms with Crippen LogP contribution in [0.2, 0.25) is 0 Å². The molecule has 1 aliphatic carbocycles. The maximum atomic E-state index is 14.3. The van der Waals surface area contributed by atoms with Crippen molar-refractivity contribution in [3.63, 3.8) is 0 Å². The Morgan fingerprint density at radius 2 is 1.61 bits per heavy atom. The van der Waals surface area contributed by atoms with Gasteiger partial charge in [-0.05, 0) is 12.8 Å². The third-order valence-electron chi connectivity index (χ3n) is 6.33. The SMILES string of the molecule is COc1cnc(-c2c(OC)ncnc2C2CC2)nc1O[C@H](c1ccc(-c2nc(C(F)(F)F)cn2C)cc1)C(F)(F)F. The van der Waals surface area contributed by atoms with Crippen LogP contribution >= 0.6 is 0 Å². The first-order valence-electron chi connectivity index (χ1n) is 12.1. The summed E-state index contributed by atoms with van der Waals surface area (Å²) in [6.07, 6.45) is -7.04. The lowest BCUT2D eigenvalue weighted by Crippen LogP contribution is -2.26. The van der Waals surface area contributed by atoms with Gasteiger partial charge in [-0.25, -0.2) is 19.9 Å². The molecule has 1 aromatic carbocycles. The van der Waals surface area contributed by atoms with E-state index in [0.717, 1.165) is 35.7 Å². The maximum absolute atomic E-state index is 14.3. The number of benzene rings is 1. The predicted octanol–water partition coefficient (Wildman–Crippen LogP) is 5.93. The van der Waals surface area contributed by atoms with E-state index in [0.29, 0.717) is 11.3 Å². The van der Waals surface area contributed by atoms with Gasteiger partial charge in [0.1, 0.15) is 17.7 Å². The van der Waals surface area contributed by atoms with Gasteiger partial charge in [0.05, 0.1) is 26.1 Å². The van der Waals surface area contributed by atoms with Crippen molar-refractivity contribution in [3.8, 4) is 40.3 Å². The highest BCUT2D eigenvalue weighted by molar-refractivity contribution is 5.66. The first-order valence-corrected chi connectivity index (χ1v) is 12.1. The molecule has 15 heteroatoms. The number of ether oxygens (including phenoxy) is 3. The predicted molar refractivity (Wildman–Crippen MR) is 131 cm³/mol. The van der Waals surface area contributed by atoms with Crippen LogP contribution in [0.3, 0.4) is 0 Å². The molecular formula is C26H22F6N6O3. The van der Waals surface area contributed by atoms with Crippen molar-refractivity contribution in [1.29, 1.82) is 0 Å². The number of hydrogen-bond donors (Lipinski definition) is 0. The number of rotatable bonds is 8. The van der Waals surface area contributed by atoms with Gasteiger partial charge in [-0.15, -0.1) is 0 Å². The molecule has 3 aromatic heterocycles. The van der Waals surface area contributed by atoms with Crippen molar-refractivity contribution in [1.82, 2.24) is 29.5 Å². The molecule has 216 valence electrons. The second-order valence-electron chi connectivity index (χ2n) is 9.20. The van der Waals surface area contributed by atoms with Crippen molar-refractivity contribution in [3.05, 3.63) is 59.9 Å². The van der Waals surface area contributed by atoms with E-state index in [4.69, 9.17) is 14.2 Å². The molecule has 5 rings (SSSR count). The number of methoxy groups -OCH3 is 2. The topological polar surface area (TPSA) is 97.1 Å². The quantitative estimate of drug-likeness (QED) is 0.237. The van der Waals surface area contributed by atoms with Gasteiger partial charge in [0, 0.05) is 30.3 Å². The summed E-state index contributed by atoms with van der Waals surface area (Å²) in [6, 6.07) is 4.67. The molecule has 0 spiro atoms. The standard InChI is InChI=1S/C26H22F6N6O3/c1-38-11-17(25(27,28)29)36-22(38)15-8-6-14(7-9-15)20(26(30,31)32)41-23-16(39-2)10-33-21(37-23)18-19(13-4-5-13)34-12-35-24(18)40-3/h6-13,20H,4-5H2,1-3H3/t20-/m1/s1. The number of imidazole rings is 1. The van der Waals surface area contributed by atoms with Gasteiger partial charge in [-0.3, -0.25) is 0 Å². The van der Waals surface area contributed by atoms with Crippen molar-refractivity contribution in [2.45, 2.75) is 37.2 Å². The zero-order valence-electron chi connectivity index (χ0n) is 21.8. The summed E-state index contributed by atoms with van der Waals surface area (Å²) in [7, 11) is 3.97. The lowest BCUT2D eigenvalue weighted by atomic mass is 10.1. The van der Waals surface area contributed by atoms with Crippen LogP contribution in [0.25, 0.3) is 22.8 Å². The van der Waals surface area contributed by atoms with E-state index >= 15 is 0 Å². The van der Waals surface area contributed by atoms with Gasteiger partial charge in [0.15, 0.2) is 17.3 Å². The smallest absolute Gasteiger partial charge is 0.434 e. The van der Waals surface area contributed by atoms with E-state index in [-0.39, 0.29) is 40.3 Å². The van der Waals surface area contributed by atoms with Crippen LogP contribution in [0.4, 0.5) is 26.3 Å². The van der Waals surface area contributed by atoms with E-state index < -0.39 is 30.0 Å². The fourth-order valence-corrected chi connectivity index (χ4v) is 4.23. The van der Waals surface area contributed by atoms with Crippen molar-refractivity contribution < 1.29 is 40.6 Å². The van der Waals surface area contributed by atoms with Crippen LogP contribution in [0.5, 0.6) is 17.5 Å². The second-order valence-corrected chi connectivity index (χ2v) is 9.20. The maximum Gasteiger partial charge on any atom is 0.434 e. The Labute approximate surface area is 229 Å². The minimum Gasteiger partial charge on any atom is -0.490 e. The zero-order valence-corrected chi connectivity index (χ0v) is 21.8. The summed E-state index contributed by atoms with van der Waals surface area (Å²) >= 11 is 0. The Kier molecular flexibility index (Phi) is 7.21. The fraction of sp³-hybridized carbons (Fsp3) is 0.346. The molecule has 1 fully saturated rings. The normalized spacial score (nSPS) is 14.6. The summed E-state index contributed by atoms with van der Waals surface area (Å²) in [4.78, 5) is 20.4. The Hall–Kier alpha value is -4.43. The molecule has 41 heavy (non-hydrogen) atoms. The van der Waals surface area contributed by atoms with Crippen molar-refractivity contribution in [2.75, 3.05) is 14.2 Å². The molecule has 1 atom stereocenters. The minimum absolute atomic E-state index is 0.00771. The summed E-state index contributed by atoms with van der Waals surface area (Å²) in [5, 5.41) is 0. The number of hydrogen-bond acceptors (Lipinski definition) is 8. The highest BCUT2D eigenvalue weighted by Gasteiger charge is 2.44. The van der Waals surface area contributed by atoms with E-state index in [1.807, 2.05) is 0 Å². The van der Waals surface area contributed by atoms with E-state index in [2.05, 4.69) is 24.9 Å². The van der Waals surface area contributed by atoms with Crippen LogP contribution < -0.4 is 14.2 Å². The summed E-state index contributed by atoms with van der Waals surface area (Å²) in [5.41, 5.74) is -0.316. The number of aromatic nitrogens is 6. The van der Waals surface area contributed by atoms with Crippen molar-refractivity contribution >= 4 is 0 Å². The molecule has 0 unspecified atom stereocenters. The van der Waals surface area contributed by atoms with Gasteiger partial charge >= 0.3 is 12.4 Å². The average molecular weight is 580 g/mol. The van der Waals surface area contributed by atoms with Gasteiger partial charge in [0.25, 0.3) is 5.88 Å². The molecule has 1 aliphatic rings. The van der Waals surface area contributed by atoms with Gasteiger partial charge in [-0.2, -0.15) is 31.3 Å². The van der Waals surface area contributed by atoms with Gasteiger partial charge < -0.3 is 18.8 Å². The van der Waals surface area contributed by atoms with Crippen LogP contribution in [0, 0.1) is 0 Å². The minimum atomic E-state index is -4.91. The molecule has 4 aromatic rings. The van der Waals surface area contributed by atoms with Crippen LogP contribution in [0.1, 0.15) is 41.8 Å². The van der Waals surface area contributed by atoms with Gasteiger partial charge in [0.2, 0.25) is 12.0 Å². The summed E-state index contributed by atoms with van der Waals surface area (Å²) in [6.45, 7) is 0. The number of aryl methyl sites for hydroxylation is 1. The number of halogens is 6. The van der Waals surface area contributed by atoms with E-state index in [1.165, 1.54) is 45.9 Å². The molecule has 1 saturated carbocycles. The number of nitrogens with zero attached hydrogens (tertiary/aromatic N) is 6. The monoisotopic (exact) mass is 580 g/mol. The van der Waals surface area contributed by atoms with Crippen LogP contribution in [-0.2, 0) is 13.2 Å². The lowest BCUT2D eigenvalue weighted by molar-refractivity contribution is -0.199. The zero-order chi connectivity index (χ0) is 29.5. The Morgan fingerprint density at radius 3 is 2.17 bits per heavy atom. The Bertz CT molecular complexity index is 1550. The van der Waals surface area contributed by atoms with Crippen LogP contribution in [0.15, 0.2) is 43.0 Å². The molecule has 0 saturated heterocycles. The number of alkyl halides is 6. The fourth-order valence-electron chi connectivity index (χ4n) is 4.23. The molecular weight excluding hydrogens is 558 g/mol. The molecule has 0 bridgehead atoms. The highest BCUT2D eigenvalue weighted by Crippen LogP contribution is 2.46. The molecule has 3 heterocycles. The van der Waals surface area contributed by atoms with E-state index in [9.17, 15) is 26.3 Å². The molecule has 0 aliphatic heterocycles. The average Bonchev–Trinajstić information content (AvgIpc) is 3.70. The first kappa shape index (κ1) is 28.1. The lowest BCUT2D eigenvalue weighted by Gasteiger charge is -2.23. The Morgan fingerprint density at radius 1 is 0.902 bits per heavy atom. The highest BCUT2D eigenvalue weighted by atomic mass is 19.4. The third-order valence-corrected chi connectivity index (χ3v) is 6.33. The van der Waals surface area contributed by atoms with Crippen LogP contribution in [-0.4, -0.2) is 49.9 Å². The largest absolute Gasteiger partial charge is 0.490 e. The molecule has 0 radical (unpaired) electrons. The Balaban J connectivity index is 1.51. The molecule has 9 nitrogen and oxygen atoms in total. The van der Waals surface area contributed by atoms with Gasteiger partial charge in [-0.1, -0.05) is 24.3 Å². The van der Waals surface area contributed by atoms with E-state index in [1.54, 1.807) is 0 Å².